The molecule has 1 aliphatic carbocycles. The minimum absolute atomic E-state index is 0.180. The summed E-state index contributed by atoms with van der Waals surface area (Å²) in [6, 6.07) is 5.61. The number of aryl methyl sites for hydroxylation is 2. The highest BCUT2D eigenvalue weighted by Gasteiger charge is 2.26. The van der Waals surface area contributed by atoms with Crippen LogP contribution in [0.5, 0.6) is 0 Å². The van der Waals surface area contributed by atoms with E-state index in [1.165, 1.54) is 6.42 Å². The lowest BCUT2D eigenvalue weighted by atomic mass is 9.86. The van der Waals surface area contributed by atoms with Gasteiger partial charge < -0.3 is 15.0 Å². The Bertz CT molecular complexity index is 824. The number of benzene rings is 1. The second kappa shape index (κ2) is 7.52. The Kier molecular flexibility index (Phi) is 5.35. The van der Waals surface area contributed by atoms with Gasteiger partial charge in [-0.15, -0.1) is 0 Å². The number of ether oxygens (including phenoxy) is 1. The zero-order valence-corrected chi connectivity index (χ0v) is 16.0. The summed E-state index contributed by atoms with van der Waals surface area (Å²) in [6.45, 7) is 7.82. The maximum atomic E-state index is 12.5. The first-order valence-corrected chi connectivity index (χ1v) is 9.47. The van der Waals surface area contributed by atoms with Crippen molar-refractivity contribution in [2.75, 3.05) is 0 Å². The smallest absolute Gasteiger partial charge is 0.338 e. The molecule has 0 bridgehead atoms. The van der Waals surface area contributed by atoms with Crippen LogP contribution in [0.3, 0.4) is 0 Å². The van der Waals surface area contributed by atoms with Crippen LogP contribution in [0.15, 0.2) is 18.2 Å². The molecule has 3 atom stereocenters. The average Bonchev–Trinajstić information content (AvgIpc) is 2.90. The van der Waals surface area contributed by atoms with E-state index < -0.39 is 12.1 Å². The number of H-pyrrole nitrogens is 1. The van der Waals surface area contributed by atoms with Gasteiger partial charge in [-0.1, -0.05) is 19.8 Å². The molecule has 0 radical (unpaired) electrons. The summed E-state index contributed by atoms with van der Waals surface area (Å²) in [5.41, 5.74) is 3.66. The van der Waals surface area contributed by atoms with E-state index in [4.69, 9.17) is 4.74 Å². The molecule has 0 unspecified atom stereocenters. The number of aromatic amines is 1. The molecular weight excluding hydrogens is 328 g/mol. The van der Waals surface area contributed by atoms with Crippen LogP contribution in [0.25, 0.3) is 10.9 Å². The molecule has 1 aromatic carbocycles. The Hall–Kier alpha value is -2.30. The van der Waals surface area contributed by atoms with Gasteiger partial charge in [-0.25, -0.2) is 4.79 Å². The second-order valence-electron chi connectivity index (χ2n) is 7.56. The monoisotopic (exact) mass is 356 g/mol. The Morgan fingerprint density at radius 2 is 1.96 bits per heavy atom. The molecule has 1 aliphatic rings. The quantitative estimate of drug-likeness (QED) is 0.813. The van der Waals surface area contributed by atoms with Crippen molar-refractivity contribution in [2.24, 2.45) is 5.92 Å². The fourth-order valence-corrected chi connectivity index (χ4v) is 3.70. The summed E-state index contributed by atoms with van der Waals surface area (Å²) in [5, 5.41) is 4.05. The van der Waals surface area contributed by atoms with E-state index in [0.29, 0.717) is 11.5 Å². The van der Waals surface area contributed by atoms with Crippen LogP contribution >= 0.6 is 0 Å². The lowest BCUT2D eigenvalue weighted by Gasteiger charge is -2.30. The normalized spacial score (nSPS) is 21.4. The fraction of sp³-hybridized carbons (Fsp3) is 0.524. The molecule has 3 rings (SSSR count). The predicted molar refractivity (Wildman–Crippen MR) is 102 cm³/mol. The van der Waals surface area contributed by atoms with Crippen molar-refractivity contribution in [1.82, 2.24) is 10.3 Å². The van der Waals surface area contributed by atoms with E-state index in [1.54, 1.807) is 13.0 Å². The summed E-state index contributed by atoms with van der Waals surface area (Å²) < 4.78 is 5.41. The van der Waals surface area contributed by atoms with E-state index in [1.807, 2.05) is 26.0 Å². The van der Waals surface area contributed by atoms with Crippen LogP contribution in [-0.4, -0.2) is 29.0 Å². The summed E-state index contributed by atoms with van der Waals surface area (Å²) in [7, 11) is 0. The van der Waals surface area contributed by atoms with Gasteiger partial charge in [0.25, 0.3) is 5.91 Å². The third-order valence-electron chi connectivity index (χ3n) is 5.64. The van der Waals surface area contributed by atoms with Gasteiger partial charge in [0.05, 0.1) is 5.56 Å². The van der Waals surface area contributed by atoms with Gasteiger partial charge in [-0.05, 0) is 63.3 Å². The van der Waals surface area contributed by atoms with Gasteiger partial charge in [0.15, 0.2) is 6.10 Å². The molecule has 2 N–H and O–H groups in total. The standard InChI is InChI=1S/C21H28N2O3/c1-12-7-5-6-8-18(12)23-20(24)15(4)26-21(25)16-9-10-19-17(11-16)13(2)14(3)22-19/h9-12,15,18,22H,5-8H2,1-4H3,(H,23,24)/t12-,15-,18-/m0/s1. The Morgan fingerprint density at radius 3 is 2.69 bits per heavy atom. The van der Waals surface area contributed by atoms with E-state index in [2.05, 4.69) is 17.2 Å². The first kappa shape index (κ1) is 18.5. The number of fused-ring (bicyclic) bond motifs is 1. The number of hydrogen-bond acceptors (Lipinski definition) is 3. The number of hydrogen-bond donors (Lipinski definition) is 2. The maximum absolute atomic E-state index is 12.5. The topological polar surface area (TPSA) is 71.2 Å². The van der Waals surface area contributed by atoms with E-state index >= 15 is 0 Å². The van der Waals surface area contributed by atoms with E-state index in [0.717, 1.165) is 41.4 Å². The van der Waals surface area contributed by atoms with Crippen LogP contribution in [0.1, 0.15) is 61.1 Å². The molecule has 1 aromatic heterocycles. The van der Waals surface area contributed by atoms with Gasteiger partial charge >= 0.3 is 5.97 Å². The number of carbonyl (C=O) groups is 2. The largest absolute Gasteiger partial charge is 0.449 e. The highest BCUT2D eigenvalue weighted by Crippen LogP contribution is 2.24. The number of amides is 1. The first-order valence-electron chi connectivity index (χ1n) is 9.47. The van der Waals surface area contributed by atoms with Gasteiger partial charge in [-0.2, -0.15) is 0 Å². The third kappa shape index (κ3) is 3.76. The summed E-state index contributed by atoms with van der Waals surface area (Å²) in [4.78, 5) is 28.2. The molecule has 0 spiro atoms. The maximum Gasteiger partial charge on any atom is 0.338 e. The molecule has 1 saturated carbocycles. The van der Waals surface area contributed by atoms with Crippen molar-refractivity contribution in [3.8, 4) is 0 Å². The van der Waals surface area contributed by atoms with Gasteiger partial charge in [0.1, 0.15) is 0 Å². The van der Waals surface area contributed by atoms with Crippen molar-refractivity contribution in [2.45, 2.75) is 65.5 Å². The SMILES string of the molecule is Cc1[nH]c2ccc(C(=O)O[C@@H](C)C(=O)N[C@H]3CCCC[C@@H]3C)cc2c1C. The highest BCUT2D eigenvalue weighted by atomic mass is 16.5. The van der Waals surface area contributed by atoms with Crippen molar-refractivity contribution < 1.29 is 14.3 Å². The van der Waals surface area contributed by atoms with Crippen LogP contribution in [-0.2, 0) is 9.53 Å². The Balaban J connectivity index is 1.65. The number of carbonyl (C=O) groups excluding carboxylic acids is 2. The number of rotatable bonds is 4. The Morgan fingerprint density at radius 1 is 1.23 bits per heavy atom. The van der Waals surface area contributed by atoms with Crippen molar-refractivity contribution >= 4 is 22.8 Å². The van der Waals surface area contributed by atoms with E-state index in [9.17, 15) is 9.59 Å². The first-order chi connectivity index (χ1) is 12.4. The van der Waals surface area contributed by atoms with Gasteiger partial charge in [0.2, 0.25) is 0 Å². The highest BCUT2D eigenvalue weighted by molar-refractivity contribution is 5.97. The third-order valence-corrected chi connectivity index (χ3v) is 5.64. The minimum atomic E-state index is -0.804. The summed E-state index contributed by atoms with van der Waals surface area (Å²) in [6.07, 6.45) is 3.68. The minimum Gasteiger partial charge on any atom is -0.449 e. The molecule has 26 heavy (non-hydrogen) atoms. The molecule has 0 saturated heterocycles. The summed E-state index contributed by atoms with van der Waals surface area (Å²) in [5.74, 6) is -0.214. The molecule has 1 heterocycles. The molecule has 2 aromatic rings. The molecule has 5 nitrogen and oxygen atoms in total. The molecule has 1 amide bonds. The number of aromatic nitrogens is 1. The fourth-order valence-electron chi connectivity index (χ4n) is 3.70. The van der Waals surface area contributed by atoms with Gasteiger partial charge in [0, 0.05) is 22.6 Å². The molecule has 5 heteroatoms. The van der Waals surface area contributed by atoms with Crippen LogP contribution in [0.4, 0.5) is 0 Å². The zero-order valence-electron chi connectivity index (χ0n) is 16.0. The lowest BCUT2D eigenvalue weighted by Crippen LogP contribution is -2.45. The van der Waals surface area contributed by atoms with Crippen molar-refractivity contribution in [3.63, 3.8) is 0 Å². The van der Waals surface area contributed by atoms with Crippen molar-refractivity contribution in [3.05, 3.63) is 35.0 Å². The molecule has 140 valence electrons. The Labute approximate surface area is 154 Å². The molecule has 1 fully saturated rings. The number of esters is 1. The predicted octanol–water partition coefficient (Wildman–Crippen LogP) is 4.02. The number of nitrogens with one attached hydrogen (secondary N) is 2. The van der Waals surface area contributed by atoms with Gasteiger partial charge in [-0.3, -0.25) is 4.79 Å². The lowest BCUT2D eigenvalue weighted by molar-refractivity contribution is -0.130. The molecule has 0 aliphatic heterocycles. The van der Waals surface area contributed by atoms with Crippen molar-refractivity contribution in [1.29, 1.82) is 0 Å². The van der Waals surface area contributed by atoms with Crippen LogP contribution < -0.4 is 5.32 Å². The second-order valence-corrected chi connectivity index (χ2v) is 7.56. The summed E-state index contributed by atoms with van der Waals surface area (Å²) >= 11 is 0. The zero-order chi connectivity index (χ0) is 18.8. The van der Waals surface area contributed by atoms with E-state index in [-0.39, 0.29) is 11.9 Å². The average molecular weight is 356 g/mol. The molecular formula is C21H28N2O3. The van der Waals surface area contributed by atoms with Crippen LogP contribution in [0, 0.1) is 19.8 Å². The van der Waals surface area contributed by atoms with Crippen LogP contribution in [0.2, 0.25) is 0 Å².